The van der Waals surface area contributed by atoms with Crippen LogP contribution in [0.5, 0.6) is 11.5 Å². The Kier molecular flexibility index (Phi) is 6.35. The second kappa shape index (κ2) is 9.51. The topological polar surface area (TPSA) is 96.5 Å². The Hall–Kier alpha value is -3.55. The third-order valence-corrected chi connectivity index (χ3v) is 5.19. The van der Waals surface area contributed by atoms with E-state index in [-0.39, 0.29) is 18.4 Å². The third-order valence-electron chi connectivity index (χ3n) is 5.19. The lowest BCUT2D eigenvalue weighted by atomic mass is 10.1. The van der Waals surface area contributed by atoms with Crippen LogP contribution in [0, 0.1) is 0 Å². The number of anilines is 1. The highest BCUT2D eigenvalue weighted by atomic mass is 16.5. The second-order valence-electron chi connectivity index (χ2n) is 7.38. The first-order chi connectivity index (χ1) is 15.1. The standard InChI is InChI=1S/C23H26N4O4/c1-2-30-20-14-16(22(29)26-23-24-17-8-4-5-9-18(17)25-23)10-11-19(20)31-15-21(28)27-12-6-3-7-13-27/h4-5,8-11,14H,2-3,6-7,12-13,15H2,1H3,(H2,24,25,26,29). The average molecular weight is 422 g/mol. The monoisotopic (exact) mass is 422 g/mol. The number of carbonyl (C=O) groups is 2. The highest BCUT2D eigenvalue weighted by Gasteiger charge is 2.19. The third kappa shape index (κ3) is 4.96. The molecule has 2 heterocycles. The number of hydrogen-bond donors (Lipinski definition) is 2. The zero-order chi connectivity index (χ0) is 21.6. The maximum absolute atomic E-state index is 12.7. The number of fused-ring (bicyclic) bond motifs is 1. The second-order valence-corrected chi connectivity index (χ2v) is 7.38. The molecule has 8 heteroatoms. The molecule has 3 aromatic rings. The smallest absolute Gasteiger partial charge is 0.260 e. The van der Waals surface area contributed by atoms with E-state index in [1.807, 2.05) is 36.1 Å². The number of rotatable bonds is 7. The van der Waals surface area contributed by atoms with Crippen LogP contribution in [0.15, 0.2) is 42.5 Å². The number of nitrogens with one attached hydrogen (secondary N) is 2. The summed E-state index contributed by atoms with van der Waals surface area (Å²) in [5, 5.41) is 2.77. The van der Waals surface area contributed by atoms with Crippen molar-refractivity contribution in [3.05, 3.63) is 48.0 Å². The fourth-order valence-corrected chi connectivity index (χ4v) is 3.60. The largest absolute Gasteiger partial charge is 0.490 e. The fraction of sp³-hybridized carbons (Fsp3) is 0.348. The number of carbonyl (C=O) groups excluding carboxylic acids is 2. The highest BCUT2D eigenvalue weighted by molar-refractivity contribution is 6.04. The first kappa shape index (κ1) is 20.7. The van der Waals surface area contributed by atoms with Gasteiger partial charge in [-0.15, -0.1) is 0 Å². The van der Waals surface area contributed by atoms with Gasteiger partial charge in [-0.2, -0.15) is 0 Å². The summed E-state index contributed by atoms with van der Waals surface area (Å²) in [6.45, 7) is 3.77. The van der Waals surface area contributed by atoms with E-state index >= 15 is 0 Å². The predicted molar refractivity (Wildman–Crippen MR) is 118 cm³/mol. The minimum absolute atomic E-state index is 0.0335. The Bertz CT molecular complexity index is 1040. The van der Waals surface area contributed by atoms with Gasteiger partial charge in [-0.05, 0) is 56.5 Å². The first-order valence-corrected chi connectivity index (χ1v) is 10.6. The maximum Gasteiger partial charge on any atom is 0.260 e. The van der Waals surface area contributed by atoms with Crippen LogP contribution in [0.25, 0.3) is 11.0 Å². The van der Waals surface area contributed by atoms with E-state index < -0.39 is 0 Å². The zero-order valence-corrected chi connectivity index (χ0v) is 17.5. The molecule has 31 heavy (non-hydrogen) atoms. The molecule has 2 N–H and O–H groups in total. The van der Waals surface area contributed by atoms with E-state index in [4.69, 9.17) is 9.47 Å². The predicted octanol–water partition coefficient (Wildman–Crippen LogP) is 3.61. The van der Waals surface area contributed by atoms with E-state index in [1.165, 1.54) is 0 Å². The van der Waals surface area contributed by atoms with E-state index in [2.05, 4.69) is 15.3 Å². The van der Waals surface area contributed by atoms with E-state index in [0.29, 0.717) is 29.6 Å². The van der Waals surface area contributed by atoms with Crippen molar-refractivity contribution in [3.8, 4) is 11.5 Å². The van der Waals surface area contributed by atoms with Gasteiger partial charge in [0, 0.05) is 18.7 Å². The van der Waals surface area contributed by atoms with Gasteiger partial charge in [-0.3, -0.25) is 14.9 Å². The van der Waals surface area contributed by atoms with Crippen LogP contribution < -0.4 is 14.8 Å². The molecule has 1 aliphatic rings. The summed E-state index contributed by atoms with van der Waals surface area (Å²) >= 11 is 0. The Balaban J connectivity index is 1.44. The molecule has 0 saturated carbocycles. The van der Waals surface area contributed by atoms with Crippen molar-refractivity contribution in [3.63, 3.8) is 0 Å². The summed E-state index contributed by atoms with van der Waals surface area (Å²) in [6, 6.07) is 12.5. The number of aromatic amines is 1. The Morgan fingerprint density at radius 2 is 1.87 bits per heavy atom. The molecule has 0 spiro atoms. The molecule has 0 aliphatic carbocycles. The molecular weight excluding hydrogens is 396 g/mol. The number of aromatic nitrogens is 2. The lowest BCUT2D eigenvalue weighted by Gasteiger charge is -2.26. The van der Waals surface area contributed by atoms with Crippen LogP contribution in [-0.2, 0) is 4.79 Å². The molecule has 1 aliphatic heterocycles. The van der Waals surface area contributed by atoms with Gasteiger partial charge in [0.2, 0.25) is 5.95 Å². The van der Waals surface area contributed by atoms with Crippen molar-refractivity contribution in [1.82, 2.24) is 14.9 Å². The number of para-hydroxylation sites is 2. The Morgan fingerprint density at radius 1 is 1.06 bits per heavy atom. The van der Waals surface area contributed by atoms with Gasteiger partial charge in [0.05, 0.1) is 17.6 Å². The molecule has 162 valence electrons. The molecule has 4 rings (SSSR count). The Labute approximate surface area is 180 Å². The summed E-state index contributed by atoms with van der Waals surface area (Å²) in [7, 11) is 0. The maximum atomic E-state index is 12.7. The molecule has 2 amide bonds. The van der Waals surface area contributed by atoms with Crippen LogP contribution in [-0.4, -0.2) is 53.0 Å². The molecule has 1 aromatic heterocycles. The fourth-order valence-electron chi connectivity index (χ4n) is 3.60. The van der Waals surface area contributed by atoms with Crippen molar-refractivity contribution in [2.24, 2.45) is 0 Å². The normalized spacial score (nSPS) is 13.8. The lowest BCUT2D eigenvalue weighted by Crippen LogP contribution is -2.38. The summed E-state index contributed by atoms with van der Waals surface area (Å²) < 4.78 is 11.4. The van der Waals surface area contributed by atoms with Crippen LogP contribution in [0.4, 0.5) is 5.95 Å². The number of H-pyrrole nitrogens is 1. The summed E-state index contributed by atoms with van der Waals surface area (Å²) in [5.74, 6) is 0.875. The quantitative estimate of drug-likeness (QED) is 0.606. The van der Waals surface area contributed by atoms with Crippen LogP contribution in [0.2, 0.25) is 0 Å². The minimum Gasteiger partial charge on any atom is -0.490 e. The van der Waals surface area contributed by atoms with Crippen LogP contribution in [0.3, 0.4) is 0 Å². The highest BCUT2D eigenvalue weighted by Crippen LogP contribution is 2.29. The van der Waals surface area contributed by atoms with Gasteiger partial charge in [0.15, 0.2) is 18.1 Å². The van der Waals surface area contributed by atoms with Gasteiger partial charge >= 0.3 is 0 Å². The van der Waals surface area contributed by atoms with Gasteiger partial charge in [-0.25, -0.2) is 4.98 Å². The van der Waals surface area contributed by atoms with E-state index in [1.54, 1.807) is 18.2 Å². The first-order valence-electron chi connectivity index (χ1n) is 10.6. The zero-order valence-electron chi connectivity index (χ0n) is 17.5. The van der Waals surface area contributed by atoms with Crippen molar-refractivity contribution in [1.29, 1.82) is 0 Å². The van der Waals surface area contributed by atoms with Crippen LogP contribution in [0.1, 0.15) is 36.5 Å². The van der Waals surface area contributed by atoms with Crippen molar-refractivity contribution >= 4 is 28.8 Å². The molecule has 0 bridgehead atoms. The number of imidazole rings is 1. The molecular formula is C23H26N4O4. The molecule has 1 fully saturated rings. The average Bonchev–Trinajstić information content (AvgIpc) is 3.21. The molecule has 2 aromatic carbocycles. The molecule has 1 saturated heterocycles. The number of likely N-dealkylation sites (tertiary alicyclic amines) is 1. The summed E-state index contributed by atoms with van der Waals surface area (Å²) in [4.78, 5) is 34.3. The summed E-state index contributed by atoms with van der Waals surface area (Å²) in [5.41, 5.74) is 2.02. The molecule has 0 unspecified atom stereocenters. The Morgan fingerprint density at radius 3 is 2.65 bits per heavy atom. The van der Waals surface area contributed by atoms with Gasteiger partial charge in [0.1, 0.15) is 0 Å². The number of piperidine rings is 1. The lowest BCUT2D eigenvalue weighted by molar-refractivity contribution is -0.134. The number of benzene rings is 2. The van der Waals surface area contributed by atoms with Gasteiger partial charge in [-0.1, -0.05) is 12.1 Å². The van der Waals surface area contributed by atoms with E-state index in [0.717, 1.165) is 43.4 Å². The summed E-state index contributed by atoms with van der Waals surface area (Å²) in [6.07, 6.45) is 3.23. The van der Waals surface area contributed by atoms with Crippen molar-refractivity contribution in [2.45, 2.75) is 26.2 Å². The van der Waals surface area contributed by atoms with Gasteiger partial charge < -0.3 is 19.4 Å². The number of nitrogens with zero attached hydrogens (tertiary/aromatic N) is 2. The number of ether oxygens (including phenoxy) is 2. The van der Waals surface area contributed by atoms with Gasteiger partial charge in [0.25, 0.3) is 11.8 Å². The van der Waals surface area contributed by atoms with Crippen molar-refractivity contribution < 1.29 is 19.1 Å². The molecule has 0 atom stereocenters. The van der Waals surface area contributed by atoms with E-state index in [9.17, 15) is 9.59 Å². The molecule has 8 nitrogen and oxygen atoms in total. The molecule has 0 radical (unpaired) electrons. The van der Waals surface area contributed by atoms with Crippen molar-refractivity contribution in [2.75, 3.05) is 31.6 Å². The minimum atomic E-state index is -0.323. The SMILES string of the molecule is CCOc1cc(C(=O)Nc2nc3ccccc3[nH]2)ccc1OCC(=O)N1CCCCC1. The van der Waals surface area contributed by atoms with Crippen LogP contribution >= 0.6 is 0 Å². The number of hydrogen-bond acceptors (Lipinski definition) is 5. The number of amides is 2.